The Labute approximate surface area is 141 Å². The van der Waals surface area contributed by atoms with Crippen molar-refractivity contribution in [2.45, 2.75) is 19.1 Å². The maximum Gasteiger partial charge on any atom is 0.304 e. The van der Waals surface area contributed by atoms with Gasteiger partial charge in [0.2, 0.25) is 6.33 Å². The summed E-state index contributed by atoms with van der Waals surface area (Å²) >= 11 is 0. The van der Waals surface area contributed by atoms with Crippen LogP contribution in [0.25, 0.3) is 5.69 Å². The van der Waals surface area contributed by atoms with Crippen molar-refractivity contribution < 1.29 is 21.7 Å². The summed E-state index contributed by atoms with van der Waals surface area (Å²) in [6.07, 6.45) is 3.04. The fourth-order valence-corrected chi connectivity index (χ4v) is 2.91. The van der Waals surface area contributed by atoms with Crippen LogP contribution in [0.15, 0.2) is 67.0 Å². The molecule has 0 radical (unpaired) electrons. The van der Waals surface area contributed by atoms with Gasteiger partial charge in [-0.1, -0.05) is 53.2 Å². The van der Waals surface area contributed by atoms with Crippen molar-refractivity contribution in [2.24, 2.45) is 0 Å². The third-order valence-corrected chi connectivity index (χ3v) is 4.02. The van der Waals surface area contributed by atoms with Gasteiger partial charge in [-0.3, -0.25) is 0 Å². The van der Waals surface area contributed by atoms with Gasteiger partial charge in [-0.15, -0.1) is 0 Å². The molecule has 118 valence electrons. The molecule has 2 heterocycles. The fourth-order valence-electron chi connectivity index (χ4n) is 2.91. The van der Waals surface area contributed by atoms with Gasteiger partial charge in [-0.05, 0) is 17.7 Å². The first-order valence-electron chi connectivity index (χ1n) is 7.57. The molecule has 0 bridgehead atoms. The topological polar surface area (TPSA) is 30.9 Å². The maximum absolute atomic E-state index is 5.73. The molecule has 0 spiro atoms. The van der Waals surface area contributed by atoms with Crippen molar-refractivity contribution >= 4 is 0 Å². The zero-order valence-electron chi connectivity index (χ0n) is 12.7. The fraction of sp³-hybridized carbons (Fsp3) is 0.222. The minimum atomic E-state index is 0. The van der Waals surface area contributed by atoms with Gasteiger partial charge in [0.25, 0.3) is 0 Å². The number of benzene rings is 2. The summed E-state index contributed by atoms with van der Waals surface area (Å²) in [5.74, 6) is 0.982. The summed E-state index contributed by atoms with van der Waals surface area (Å²) in [5, 5.41) is 4.67. The predicted molar refractivity (Wildman–Crippen MR) is 82.6 cm³/mol. The second kappa shape index (κ2) is 6.94. The second-order valence-electron chi connectivity index (χ2n) is 5.58. The molecule has 23 heavy (non-hydrogen) atoms. The summed E-state index contributed by atoms with van der Waals surface area (Å²) in [5.41, 5.74) is 2.40. The number of rotatable bonds is 3. The smallest absolute Gasteiger partial charge is 0.304 e. The number of hydrogen-bond donors (Lipinski definition) is 0. The Morgan fingerprint density at radius 2 is 1.74 bits per heavy atom. The predicted octanol–water partition coefficient (Wildman–Crippen LogP) is -0.522. The Morgan fingerprint density at radius 3 is 2.48 bits per heavy atom. The van der Waals surface area contributed by atoms with Crippen LogP contribution in [0.3, 0.4) is 0 Å². The first kappa shape index (κ1) is 15.7. The highest BCUT2D eigenvalue weighted by atomic mass is 35.5. The largest absolute Gasteiger partial charge is 1.00 e. The molecule has 3 aromatic rings. The molecule has 1 aliphatic heterocycles. The molecule has 1 aliphatic rings. The first-order valence-corrected chi connectivity index (χ1v) is 7.57. The number of fused-ring (bicyclic) bond motifs is 1. The molecule has 4 nitrogen and oxygen atoms in total. The van der Waals surface area contributed by atoms with Gasteiger partial charge in [0.05, 0.1) is 6.61 Å². The summed E-state index contributed by atoms with van der Waals surface area (Å²) in [6, 6.07) is 21.0. The van der Waals surface area contributed by atoms with E-state index in [0.29, 0.717) is 12.6 Å². The average molecular weight is 328 g/mol. The standard InChI is InChI=1S/C18H18N3O.ClH/c1-3-7-15(8-4-1)11-17-12-22-13-18-19-21(14-20(17)18)16-9-5-2-6-10-16;/h1-10,14,17H,11-13H2;1H/q+1;/p-1/t17-;/m0./s1. The molecular formula is C18H18ClN3O. The van der Waals surface area contributed by atoms with E-state index in [-0.39, 0.29) is 12.4 Å². The van der Waals surface area contributed by atoms with Crippen molar-refractivity contribution in [3.05, 3.63) is 78.4 Å². The quantitative estimate of drug-likeness (QED) is 0.606. The van der Waals surface area contributed by atoms with Crippen LogP contribution in [0.2, 0.25) is 0 Å². The number of halogens is 1. The Bertz CT molecular complexity index is 758. The molecule has 0 fully saturated rings. The molecule has 1 atom stereocenters. The lowest BCUT2D eigenvalue weighted by Gasteiger charge is -2.19. The second-order valence-corrected chi connectivity index (χ2v) is 5.58. The van der Waals surface area contributed by atoms with E-state index in [2.05, 4.69) is 52.4 Å². The molecule has 2 aromatic carbocycles. The molecule has 5 heteroatoms. The van der Waals surface area contributed by atoms with Gasteiger partial charge in [-0.25, -0.2) is 4.57 Å². The normalized spacial score (nSPS) is 16.4. The van der Waals surface area contributed by atoms with E-state index >= 15 is 0 Å². The lowest BCUT2D eigenvalue weighted by molar-refractivity contribution is -0.742. The van der Waals surface area contributed by atoms with Gasteiger partial charge in [-0.2, -0.15) is 0 Å². The molecule has 1 aromatic heterocycles. The molecule has 0 aliphatic carbocycles. The Hall–Kier alpha value is -2.17. The molecule has 0 unspecified atom stereocenters. The van der Waals surface area contributed by atoms with E-state index < -0.39 is 0 Å². The van der Waals surface area contributed by atoms with Crippen LogP contribution in [-0.4, -0.2) is 16.4 Å². The van der Waals surface area contributed by atoms with Crippen LogP contribution in [0.5, 0.6) is 0 Å². The van der Waals surface area contributed by atoms with E-state index in [1.165, 1.54) is 5.56 Å². The minimum Gasteiger partial charge on any atom is -1.00 e. The van der Waals surface area contributed by atoms with Gasteiger partial charge in [0, 0.05) is 11.5 Å². The third-order valence-electron chi connectivity index (χ3n) is 4.02. The highest BCUT2D eigenvalue weighted by Gasteiger charge is 2.29. The number of ether oxygens (including phenoxy) is 1. The van der Waals surface area contributed by atoms with Crippen LogP contribution in [-0.2, 0) is 17.8 Å². The summed E-state index contributed by atoms with van der Waals surface area (Å²) < 4.78 is 9.92. The van der Waals surface area contributed by atoms with Crippen molar-refractivity contribution in [1.82, 2.24) is 9.78 Å². The van der Waals surface area contributed by atoms with Gasteiger partial charge >= 0.3 is 5.82 Å². The van der Waals surface area contributed by atoms with E-state index in [1.54, 1.807) is 0 Å². The van der Waals surface area contributed by atoms with E-state index in [1.807, 2.05) is 28.9 Å². The van der Waals surface area contributed by atoms with Gasteiger partial charge < -0.3 is 17.1 Å². The third kappa shape index (κ3) is 3.28. The summed E-state index contributed by atoms with van der Waals surface area (Å²) in [7, 11) is 0. The number of hydrogen-bond acceptors (Lipinski definition) is 2. The van der Waals surface area contributed by atoms with Crippen LogP contribution in [0.4, 0.5) is 0 Å². The molecule has 0 saturated heterocycles. The van der Waals surface area contributed by atoms with E-state index in [0.717, 1.165) is 24.5 Å². The highest BCUT2D eigenvalue weighted by molar-refractivity contribution is 5.28. The minimum absolute atomic E-state index is 0. The van der Waals surface area contributed by atoms with Crippen molar-refractivity contribution in [2.75, 3.05) is 6.61 Å². The first-order chi connectivity index (χ1) is 10.9. The SMILES string of the molecule is [Cl-].c1ccc(C[C@H]2COCc3nn(-c4ccccc4)c[n+]32)cc1. The maximum atomic E-state index is 5.73. The lowest BCUT2D eigenvalue weighted by atomic mass is 10.1. The molecule has 0 amide bonds. The zero-order valence-corrected chi connectivity index (χ0v) is 13.4. The van der Waals surface area contributed by atoms with Crippen LogP contribution in [0.1, 0.15) is 17.4 Å². The molecule has 4 rings (SSSR count). The van der Waals surface area contributed by atoms with Crippen molar-refractivity contribution in [3.8, 4) is 5.69 Å². The zero-order chi connectivity index (χ0) is 14.8. The monoisotopic (exact) mass is 327 g/mol. The van der Waals surface area contributed by atoms with Gasteiger partial charge in [0.15, 0.2) is 0 Å². The Balaban J connectivity index is 0.00000156. The average Bonchev–Trinajstić information content (AvgIpc) is 3.02. The van der Waals surface area contributed by atoms with E-state index in [9.17, 15) is 0 Å². The molecule has 0 saturated carbocycles. The van der Waals surface area contributed by atoms with Crippen LogP contribution < -0.4 is 17.0 Å². The summed E-state index contributed by atoms with van der Waals surface area (Å²) in [4.78, 5) is 0. The highest BCUT2D eigenvalue weighted by Crippen LogP contribution is 2.15. The van der Waals surface area contributed by atoms with Crippen molar-refractivity contribution in [3.63, 3.8) is 0 Å². The van der Waals surface area contributed by atoms with Crippen molar-refractivity contribution in [1.29, 1.82) is 0 Å². The molecular weight excluding hydrogens is 310 g/mol. The molecule has 0 N–H and O–H groups in total. The Kier molecular flexibility index (Phi) is 4.74. The number of aromatic nitrogens is 3. The number of para-hydroxylation sites is 1. The van der Waals surface area contributed by atoms with Crippen LogP contribution in [0, 0.1) is 0 Å². The van der Waals surface area contributed by atoms with Crippen LogP contribution >= 0.6 is 0 Å². The number of nitrogens with zero attached hydrogens (tertiary/aromatic N) is 3. The van der Waals surface area contributed by atoms with Gasteiger partial charge in [0.1, 0.15) is 18.3 Å². The lowest BCUT2D eigenvalue weighted by Crippen LogP contribution is -3.00. The Morgan fingerprint density at radius 1 is 1.04 bits per heavy atom. The summed E-state index contributed by atoms with van der Waals surface area (Å²) in [6.45, 7) is 1.30. The van der Waals surface area contributed by atoms with E-state index in [4.69, 9.17) is 4.74 Å².